The van der Waals surface area contributed by atoms with Crippen molar-refractivity contribution >= 4 is 11.9 Å². The molecule has 6 nitrogen and oxygen atoms in total. The Morgan fingerprint density at radius 1 is 0.393 bits per heavy atom. The van der Waals surface area contributed by atoms with Crippen molar-refractivity contribution in [1.82, 2.24) is 5.32 Å². The molecule has 0 aromatic heterocycles. The Hall–Kier alpha value is -1.14. The molecule has 0 spiro atoms. The van der Waals surface area contributed by atoms with Crippen LogP contribution in [0.2, 0.25) is 0 Å². The van der Waals surface area contributed by atoms with E-state index in [0.29, 0.717) is 25.9 Å². The summed E-state index contributed by atoms with van der Waals surface area (Å²) in [4.78, 5) is 24.5. The number of aliphatic hydroxyl groups is 2. The lowest BCUT2D eigenvalue weighted by atomic mass is 10.0. The van der Waals surface area contributed by atoms with E-state index in [2.05, 4.69) is 19.2 Å². The van der Waals surface area contributed by atoms with Gasteiger partial charge in [0.25, 0.3) is 0 Å². The molecular formula is C55H109NO5. The van der Waals surface area contributed by atoms with Gasteiger partial charge in [-0.05, 0) is 25.7 Å². The van der Waals surface area contributed by atoms with Crippen LogP contribution in [0.3, 0.4) is 0 Å². The van der Waals surface area contributed by atoms with Gasteiger partial charge in [-0.15, -0.1) is 0 Å². The lowest BCUT2D eigenvalue weighted by Gasteiger charge is -2.22. The van der Waals surface area contributed by atoms with E-state index in [-0.39, 0.29) is 18.5 Å². The summed E-state index contributed by atoms with van der Waals surface area (Å²) in [6.45, 7) is 4.95. The van der Waals surface area contributed by atoms with E-state index < -0.39 is 12.1 Å². The number of esters is 1. The van der Waals surface area contributed by atoms with Gasteiger partial charge in [0.1, 0.15) is 0 Å². The lowest BCUT2D eigenvalue weighted by Crippen LogP contribution is -2.45. The van der Waals surface area contributed by atoms with Crippen molar-refractivity contribution < 1.29 is 24.5 Å². The molecule has 0 rings (SSSR count). The first kappa shape index (κ1) is 59.9. The van der Waals surface area contributed by atoms with Gasteiger partial charge in [-0.25, -0.2) is 0 Å². The molecule has 0 heterocycles. The number of ether oxygens (including phenoxy) is 1. The maximum absolute atomic E-state index is 12.4. The molecule has 61 heavy (non-hydrogen) atoms. The number of carbonyl (C=O) groups excluding carboxylic acids is 2. The van der Waals surface area contributed by atoms with Crippen molar-refractivity contribution in [2.24, 2.45) is 0 Å². The Bertz CT molecular complexity index is 867. The predicted molar refractivity (Wildman–Crippen MR) is 264 cm³/mol. The minimum absolute atomic E-state index is 0.00527. The third kappa shape index (κ3) is 48.2. The summed E-state index contributed by atoms with van der Waals surface area (Å²) < 4.78 is 5.48. The molecule has 6 heteroatoms. The Kier molecular flexibility index (Phi) is 50.5. The molecule has 0 aromatic carbocycles. The van der Waals surface area contributed by atoms with Gasteiger partial charge in [0, 0.05) is 12.8 Å². The van der Waals surface area contributed by atoms with Gasteiger partial charge in [-0.1, -0.05) is 277 Å². The summed E-state index contributed by atoms with van der Waals surface area (Å²) in [6, 6.07) is -0.545. The van der Waals surface area contributed by atoms with E-state index in [1.807, 2.05) is 0 Å². The monoisotopic (exact) mass is 864 g/mol. The second kappa shape index (κ2) is 51.5. The van der Waals surface area contributed by atoms with E-state index in [1.54, 1.807) is 0 Å². The first-order chi connectivity index (χ1) is 30.0. The maximum atomic E-state index is 12.4. The minimum Gasteiger partial charge on any atom is -0.466 e. The number of aliphatic hydroxyl groups excluding tert-OH is 2. The number of hydrogen-bond acceptors (Lipinski definition) is 5. The van der Waals surface area contributed by atoms with Crippen LogP contribution in [-0.4, -0.2) is 47.4 Å². The third-order valence-corrected chi connectivity index (χ3v) is 13.2. The van der Waals surface area contributed by atoms with Crippen molar-refractivity contribution in [1.29, 1.82) is 0 Å². The summed E-state index contributed by atoms with van der Waals surface area (Å²) in [5.41, 5.74) is 0. The zero-order valence-corrected chi connectivity index (χ0v) is 41.4. The van der Waals surface area contributed by atoms with Gasteiger partial charge in [0.2, 0.25) is 5.91 Å². The zero-order chi connectivity index (χ0) is 44.4. The van der Waals surface area contributed by atoms with Gasteiger partial charge < -0.3 is 20.3 Å². The summed E-state index contributed by atoms with van der Waals surface area (Å²) in [6.07, 6.45) is 58.0. The highest BCUT2D eigenvalue weighted by molar-refractivity contribution is 5.76. The number of rotatable bonds is 52. The summed E-state index contributed by atoms with van der Waals surface area (Å²) >= 11 is 0. The number of unbranched alkanes of at least 4 members (excludes halogenated alkanes) is 41. The number of nitrogens with one attached hydrogen (secondary N) is 1. The van der Waals surface area contributed by atoms with E-state index in [1.165, 1.54) is 238 Å². The molecule has 0 saturated heterocycles. The van der Waals surface area contributed by atoms with Crippen LogP contribution in [0.5, 0.6) is 0 Å². The Morgan fingerprint density at radius 3 is 1.00 bits per heavy atom. The molecule has 2 atom stereocenters. The van der Waals surface area contributed by atoms with E-state index in [0.717, 1.165) is 44.9 Å². The average molecular weight is 864 g/mol. The first-order valence-corrected chi connectivity index (χ1v) is 27.8. The van der Waals surface area contributed by atoms with E-state index >= 15 is 0 Å². The fourth-order valence-corrected chi connectivity index (χ4v) is 8.88. The summed E-state index contributed by atoms with van der Waals surface area (Å²) in [5.74, 6) is -0.0369. The van der Waals surface area contributed by atoms with E-state index in [9.17, 15) is 19.8 Å². The zero-order valence-electron chi connectivity index (χ0n) is 41.4. The van der Waals surface area contributed by atoms with Crippen molar-refractivity contribution in [2.45, 2.75) is 328 Å². The molecule has 0 aliphatic heterocycles. The van der Waals surface area contributed by atoms with Gasteiger partial charge in [0.05, 0.1) is 25.4 Å². The molecule has 0 fully saturated rings. The highest BCUT2D eigenvalue weighted by Gasteiger charge is 2.20. The Labute approximate surface area is 381 Å². The molecule has 0 bridgehead atoms. The molecule has 0 aliphatic carbocycles. The van der Waals surface area contributed by atoms with Crippen LogP contribution in [0.15, 0.2) is 0 Å². The minimum atomic E-state index is -0.667. The molecule has 364 valence electrons. The standard InChI is InChI=1S/C55H109NO5/c1-3-5-7-9-11-13-15-17-18-19-22-25-29-33-37-41-45-49-55(60)61-50-46-42-38-34-30-26-23-20-21-24-28-32-36-40-44-48-54(59)56-52(51-57)53(58)47-43-39-35-31-27-16-14-12-10-8-6-4-2/h52-53,57-58H,3-51H2,1-2H3,(H,56,59). The average Bonchev–Trinajstić information content (AvgIpc) is 3.26. The topological polar surface area (TPSA) is 95.9 Å². The maximum Gasteiger partial charge on any atom is 0.305 e. The van der Waals surface area contributed by atoms with Crippen LogP contribution in [0, 0.1) is 0 Å². The number of hydrogen-bond donors (Lipinski definition) is 3. The molecule has 0 saturated carbocycles. The highest BCUT2D eigenvalue weighted by Crippen LogP contribution is 2.18. The van der Waals surface area contributed by atoms with Crippen molar-refractivity contribution in [3.05, 3.63) is 0 Å². The quantitative estimate of drug-likeness (QED) is 0.0418. The summed E-state index contributed by atoms with van der Waals surface area (Å²) in [7, 11) is 0. The number of amides is 1. The van der Waals surface area contributed by atoms with Crippen molar-refractivity contribution in [2.75, 3.05) is 13.2 Å². The third-order valence-electron chi connectivity index (χ3n) is 13.2. The van der Waals surface area contributed by atoms with Crippen molar-refractivity contribution in [3.8, 4) is 0 Å². The highest BCUT2D eigenvalue weighted by atomic mass is 16.5. The Morgan fingerprint density at radius 2 is 0.672 bits per heavy atom. The van der Waals surface area contributed by atoms with Gasteiger partial charge in [-0.2, -0.15) is 0 Å². The van der Waals surface area contributed by atoms with Crippen LogP contribution in [-0.2, 0) is 14.3 Å². The number of carbonyl (C=O) groups is 2. The molecule has 2 unspecified atom stereocenters. The fourth-order valence-electron chi connectivity index (χ4n) is 8.88. The van der Waals surface area contributed by atoms with E-state index in [4.69, 9.17) is 4.74 Å². The van der Waals surface area contributed by atoms with Gasteiger partial charge in [0.15, 0.2) is 0 Å². The molecule has 1 amide bonds. The summed E-state index contributed by atoms with van der Waals surface area (Å²) in [5, 5.41) is 23.2. The smallest absolute Gasteiger partial charge is 0.305 e. The van der Waals surface area contributed by atoms with Crippen LogP contribution >= 0.6 is 0 Å². The van der Waals surface area contributed by atoms with Crippen LogP contribution < -0.4 is 5.32 Å². The largest absolute Gasteiger partial charge is 0.466 e. The predicted octanol–water partition coefficient (Wildman–Crippen LogP) is 16.7. The van der Waals surface area contributed by atoms with Gasteiger partial charge >= 0.3 is 5.97 Å². The lowest BCUT2D eigenvalue weighted by molar-refractivity contribution is -0.143. The normalized spacial score (nSPS) is 12.5. The van der Waals surface area contributed by atoms with Gasteiger partial charge in [-0.3, -0.25) is 9.59 Å². The van der Waals surface area contributed by atoms with Crippen LogP contribution in [0.25, 0.3) is 0 Å². The molecule has 3 N–H and O–H groups in total. The Balaban J connectivity index is 3.38. The molecule has 0 radical (unpaired) electrons. The van der Waals surface area contributed by atoms with Crippen LogP contribution in [0.1, 0.15) is 316 Å². The first-order valence-electron chi connectivity index (χ1n) is 27.8. The second-order valence-electron chi connectivity index (χ2n) is 19.3. The SMILES string of the molecule is CCCCCCCCCCCCCCCCCCCC(=O)OCCCCCCCCCCCCCCCCCC(=O)NC(CO)C(O)CCCCCCCCCCCCCC. The molecular weight excluding hydrogens is 755 g/mol. The second-order valence-corrected chi connectivity index (χ2v) is 19.3. The molecule has 0 aliphatic rings. The molecule has 0 aromatic rings. The van der Waals surface area contributed by atoms with Crippen molar-refractivity contribution in [3.63, 3.8) is 0 Å². The fraction of sp³-hybridized carbons (Fsp3) is 0.964. The van der Waals surface area contributed by atoms with Crippen LogP contribution in [0.4, 0.5) is 0 Å².